The summed E-state index contributed by atoms with van der Waals surface area (Å²) in [5.41, 5.74) is 0.742. The van der Waals surface area contributed by atoms with E-state index in [4.69, 9.17) is 5.11 Å². The Balaban J connectivity index is 2.09. The number of aliphatic hydroxyl groups is 1. The molecule has 0 aliphatic heterocycles. The van der Waals surface area contributed by atoms with Crippen LogP contribution < -0.4 is 5.32 Å². The Morgan fingerprint density at radius 2 is 2.22 bits per heavy atom. The Kier molecular flexibility index (Phi) is 4.33. The number of hydrogen-bond donors (Lipinski definition) is 2. The minimum Gasteiger partial charge on any atom is -0.396 e. The van der Waals surface area contributed by atoms with Crippen LogP contribution in [0.4, 0.5) is 0 Å². The summed E-state index contributed by atoms with van der Waals surface area (Å²) in [6.07, 6.45) is 1.51. The lowest BCUT2D eigenvalue weighted by molar-refractivity contribution is 0.0938. The van der Waals surface area contributed by atoms with Crippen molar-refractivity contribution in [3.8, 4) is 0 Å². The Bertz CT molecular complexity index is 535. The molecule has 0 fully saturated rings. The van der Waals surface area contributed by atoms with Crippen molar-refractivity contribution in [2.45, 2.75) is 25.8 Å². The molecule has 1 aromatic carbocycles. The van der Waals surface area contributed by atoms with E-state index in [1.807, 2.05) is 36.6 Å². The van der Waals surface area contributed by atoms with Gasteiger partial charge >= 0.3 is 0 Å². The lowest BCUT2D eigenvalue weighted by Crippen LogP contribution is -2.32. The van der Waals surface area contributed by atoms with Crippen LogP contribution in [0.15, 0.2) is 29.6 Å². The summed E-state index contributed by atoms with van der Waals surface area (Å²) >= 11 is 1.59. The van der Waals surface area contributed by atoms with Crippen LogP contribution in [0, 0.1) is 0 Å². The van der Waals surface area contributed by atoms with Gasteiger partial charge in [0, 0.05) is 28.1 Å². The number of nitrogens with one attached hydrogen (secondary N) is 1. The summed E-state index contributed by atoms with van der Waals surface area (Å²) in [6.45, 7) is 2.13. The molecule has 0 aliphatic carbocycles. The number of rotatable bonds is 5. The average molecular weight is 263 g/mol. The molecule has 1 unspecified atom stereocenters. The van der Waals surface area contributed by atoms with Crippen LogP contribution in [0.3, 0.4) is 0 Å². The molecule has 2 rings (SSSR count). The Morgan fingerprint density at radius 3 is 3.00 bits per heavy atom. The molecule has 1 aromatic heterocycles. The molecule has 18 heavy (non-hydrogen) atoms. The predicted molar refractivity (Wildman–Crippen MR) is 75.1 cm³/mol. The van der Waals surface area contributed by atoms with Crippen molar-refractivity contribution in [1.82, 2.24) is 5.32 Å². The van der Waals surface area contributed by atoms with Crippen molar-refractivity contribution in [1.29, 1.82) is 0 Å². The second-order valence-corrected chi connectivity index (χ2v) is 5.30. The van der Waals surface area contributed by atoms with Crippen molar-refractivity contribution in [3.05, 3.63) is 35.2 Å². The second kappa shape index (κ2) is 5.98. The Hall–Kier alpha value is -1.39. The molecule has 3 nitrogen and oxygen atoms in total. The first kappa shape index (κ1) is 13.1. The van der Waals surface area contributed by atoms with Crippen LogP contribution in [0.5, 0.6) is 0 Å². The summed E-state index contributed by atoms with van der Waals surface area (Å²) in [5.74, 6) is -0.0297. The molecule has 0 saturated carbocycles. The highest BCUT2D eigenvalue weighted by Crippen LogP contribution is 2.25. The van der Waals surface area contributed by atoms with Gasteiger partial charge in [0.1, 0.15) is 0 Å². The standard InChI is InChI=1S/C14H17NO2S/c1-10(5-4-8-16)15-14(17)12-9-18-13-7-3-2-6-11(12)13/h2-3,6-7,9-10,16H,4-5,8H2,1H3,(H,15,17). The van der Waals surface area contributed by atoms with Gasteiger partial charge in [-0.15, -0.1) is 11.3 Å². The first-order valence-electron chi connectivity index (χ1n) is 6.10. The molecule has 2 N–H and O–H groups in total. The zero-order valence-electron chi connectivity index (χ0n) is 10.3. The minimum absolute atomic E-state index is 0.0297. The van der Waals surface area contributed by atoms with E-state index in [9.17, 15) is 4.79 Å². The highest BCUT2D eigenvalue weighted by molar-refractivity contribution is 7.17. The second-order valence-electron chi connectivity index (χ2n) is 4.39. The molecule has 1 atom stereocenters. The molecule has 0 saturated heterocycles. The monoisotopic (exact) mass is 263 g/mol. The number of fused-ring (bicyclic) bond motifs is 1. The smallest absolute Gasteiger partial charge is 0.252 e. The van der Waals surface area contributed by atoms with Crippen LogP contribution in [-0.4, -0.2) is 23.7 Å². The van der Waals surface area contributed by atoms with Gasteiger partial charge in [-0.25, -0.2) is 0 Å². The third kappa shape index (κ3) is 2.89. The molecular weight excluding hydrogens is 246 g/mol. The van der Waals surface area contributed by atoms with E-state index in [-0.39, 0.29) is 18.6 Å². The number of benzene rings is 1. The highest BCUT2D eigenvalue weighted by Gasteiger charge is 2.13. The van der Waals surface area contributed by atoms with Gasteiger partial charge in [0.2, 0.25) is 0 Å². The van der Waals surface area contributed by atoms with Gasteiger partial charge in [-0.2, -0.15) is 0 Å². The van der Waals surface area contributed by atoms with Gasteiger partial charge in [0.25, 0.3) is 5.91 Å². The summed E-state index contributed by atoms with van der Waals surface area (Å²) in [4.78, 5) is 12.1. The van der Waals surface area contributed by atoms with Gasteiger partial charge in [-0.05, 0) is 25.8 Å². The summed E-state index contributed by atoms with van der Waals surface area (Å²) in [6, 6.07) is 8.00. The van der Waals surface area contributed by atoms with E-state index < -0.39 is 0 Å². The van der Waals surface area contributed by atoms with Crippen molar-refractivity contribution in [2.75, 3.05) is 6.61 Å². The number of carbonyl (C=O) groups is 1. The van der Waals surface area contributed by atoms with Gasteiger partial charge in [0.05, 0.1) is 5.56 Å². The van der Waals surface area contributed by atoms with Gasteiger partial charge in [0.15, 0.2) is 0 Å². The number of carbonyl (C=O) groups excluding carboxylic acids is 1. The number of amides is 1. The van der Waals surface area contributed by atoms with Gasteiger partial charge in [-0.1, -0.05) is 18.2 Å². The topological polar surface area (TPSA) is 49.3 Å². The Morgan fingerprint density at radius 1 is 1.44 bits per heavy atom. The van der Waals surface area contributed by atoms with Crippen LogP contribution >= 0.6 is 11.3 Å². The number of hydrogen-bond acceptors (Lipinski definition) is 3. The van der Waals surface area contributed by atoms with E-state index in [2.05, 4.69) is 5.32 Å². The zero-order valence-corrected chi connectivity index (χ0v) is 11.2. The van der Waals surface area contributed by atoms with Crippen LogP contribution in [0.25, 0.3) is 10.1 Å². The molecule has 2 aromatic rings. The van der Waals surface area contributed by atoms with E-state index >= 15 is 0 Å². The number of thiophene rings is 1. The normalized spacial score (nSPS) is 12.6. The summed E-state index contributed by atoms with van der Waals surface area (Å²) < 4.78 is 1.13. The lowest BCUT2D eigenvalue weighted by Gasteiger charge is -2.12. The molecule has 0 spiro atoms. The highest BCUT2D eigenvalue weighted by atomic mass is 32.1. The van der Waals surface area contributed by atoms with Crippen molar-refractivity contribution >= 4 is 27.3 Å². The van der Waals surface area contributed by atoms with Crippen LogP contribution in [0.1, 0.15) is 30.1 Å². The van der Waals surface area contributed by atoms with Crippen molar-refractivity contribution in [3.63, 3.8) is 0 Å². The zero-order chi connectivity index (χ0) is 13.0. The SMILES string of the molecule is CC(CCCO)NC(=O)c1csc2ccccc12. The fourth-order valence-electron chi connectivity index (χ4n) is 1.92. The first-order chi connectivity index (χ1) is 8.72. The molecule has 4 heteroatoms. The molecular formula is C14H17NO2S. The quantitative estimate of drug-likeness (QED) is 0.871. The minimum atomic E-state index is -0.0297. The van der Waals surface area contributed by atoms with E-state index in [1.165, 1.54) is 0 Å². The fraction of sp³-hybridized carbons (Fsp3) is 0.357. The van der Waals surface area contributed by atoms with E-state index in [0.717, 1.165) is 22.1 Å². The maximum atomic E-state index is 12.1. The lowest BCUT2D eigenvalue weighted by atomic mass is 10.1. The van der Waals surface area contributed by atoms with Gasteiger partial charge in [-0.3, -0.25) is 4.79 Å². The first-order valence-corrected chi connectivity index (χ1v) is 6.98. The maximum absolute atomic E-state index is 12.1. The molecule has 1 heterocycles. The molecule has 1 amide bonds. The molecule has 0 bridgehead atoms. The summed E-state index contributed by atoms with van der Waals surface area (Å²) in [5, 5.41) is 14.6. The summed E-state index contributed by atoms with van der Waals surface area (Å²) in [7, 11) is 0. The van der Waals surface area contributed by atoms with Gasteiger partial charge < -0.3 is 10.4 Å². The predicted octanol–water partition coefficient (Wildman–Crippen LogP) is 2.79. The third-order valence-electron chi connectivity index (χ3n) is 2.90. The molecule has 96 valence electrons. The maximum Gasteiger partial charge on any atom is 0.252 e. The average Bonchev–Trinajstić information content (AvgIpc) is 2.80. The number of aliphatic hydroxyl groups excluding tert-OH is 1. The molecule has 0 aliphatic rings. The van der Waals surface area contributed by atoms with Crippen LogP contribution in [0.2, 0.25) is 0 Å². The molecule has 0 radical (unpaired) electrons. The Labute approximate surface area is 110 Å². The fourth-order valence-corrected chi connectivity index (χ4v) is 2.87. The van der Waals surface area contributed by atoms with Crippen molar-refractivity contribution in [2.24, 2.45) is 0 Å². The van der Waals surface area contributed by atoms with Crippen LogP contribution in [-0.2, 0) is 0 Å². The van der Waals surface area contributed by atoms with Crippen molar-refractivity contribution < 1.29 is 9.90 Å². The third-order valence-corrected chi connectivity index (χ3v) is 3.86. The largest absolute Gasteiger partial charge is 0.396 e. The van der Waals surface area contributed by atoms with E-state index in [1.54, 1.807) is 11.3 Å². The van der Waals surface area contributed by atoms with E-state index in [0.29, 0.717) is 6.42 Å².